The van der Waals surface area contributed by atoms with Crippen molar-refractivity contribution in [2.75, 3.05) is 7.11 Å². The summed E-state index contributed by atoms with van der Waals surface area (Å²) in [5.74, 6) is -0.565. The van der Waals surface area contributed by atoms with Gasteiger partial charge in [-0.25, -0.2) is 9.59 Å². The summed E-state index contributed by atoms with van der Waals surface area (Å²) in [6.45, 7) is 1.77. The summed E-state index contributed by atoms with van der Waals surface area (Å²) in [7, 11) is 1.58. The van der Waals surface area contributed by atoms with E-state index in [1.165, 1.54) is 0 Å². The molecule has 0 amide bonds. The highest BCUT2D eigenvalue weighted by atomic mass is 32.2. The van der Waals surface area contributed by atoms with E-state index in [1.807, 2.05) is 18.2 Å². The first kappa shape index (κ1) is 30.3. The second kappa shape index (κ2) is 14.3. The highest BCUT2D eigenvalue weighted by Crippen LogP contribution is 2.35. The minimum Gasteiger partial charge on any atom is -0.609 e. The first-order chi connectivity index (χ1) is 20.9. The first-order valence-electron chi connectivity index (χ1n) is 13.8. The minimum atomic E-state index is -1.73. The second-order valence-corrected chi connectivity index (χ2v) is 11.4. The van der Waals surface area contributed by atoms with Crippen LogP contribution in [-0.4, -0.2) is 53.5 Å². The summed E-state index contributed by atoms with van der Waals surface area (Å²) in [5, 5.41) is 0. The Morgan fingerprint density at radius 2 is 1.23 bits per heavy atom. The van der Waals surface area contributed by atoms with E-state index < -0.39 is 53.0 Å². The molecule has 1 fully saturated rings. The fraction of sp³-hybridized carbons (Fsp3) is 0.235. The van der Waals surface area contributed by atoms with Crippen molar-refractivity contribution in [2.24, 2.45) is 0 Å². The van der Waals surface area contributed by atoms with Crippen LogP contribution < -0.4 is 4.74 Å². The van der Waals surface area contributed by atoms with Gasteiger partial charge in [0.1, 0.15) is 11.9 Å². The Morgan fingerprint density at radius 3 is 1.77 bits per heavy atom. The zero-order valence-electron chi connectivity index (χ0n) is 23.7. The maximum absolute atomic E-state index is 13.9. The van der Waals surface area contributed by atoms with E-state index in [4.69, 9.17) is 23.7 Å². The van der Waals surface area contributed by atoms with Gasteiger partial charge in [-0.3, -0.25) is 0 Å². The van der Waals surface area contributed by atoms with Crippen LogP contribution in [0.25, 0.3) is 0 Å². The van der Waals surface area contributed by atoms with E-state index in [2.05, 4.69) is 0 Å². The number of rotatable bonds is 10. The number of hydrogen-bond donors (Lipinski definition) is 0. The van der Waals surface area contributed by atoms with Crippen LogP contribution in [0, 0.1) is 0 Å². The third kappa shape index (κ3) is 7.44. The van der Waals surface area contributed by atoms with Crippen molar-refractivity contribution < 1.29 is 37.8 Å². The van der Waals surface area contributed by atoms with Gasteiger partial charge < -0.3 is 28.2 Å². The number of ether oxygens (including phenoxy) is 5. The number of methoxy groups -OCH3 is 1. The van der Waals surface area contributed by atoms with Crippen molar-refractivity contribution in [3.05, 3.63) is 132 Å². The fourth-order valence-electron chi connectivity index (χ4n) is 4.75. The molecule has 0 bridgehead atoms. The molecule has 222 valence electrons. The SMILES string of the molecule is COc1ccc(CO[C@@H]2[C@H](OC(=O)c3ccccc3)[C@H](OC(=O)c3ccccc3)[C@@H](C)O[C@H]2[S+]([O-])c2ccccc2)cc1. The molecule has 1 aliphatic rings. The molecule has 0 spiro atoms. The van der Waals surface area contributed by atoms with Crippen molar-refractivity contribution >= 4 is 23.1 Å². The van der Waals surface area contributed by atoms with E-state index in [-0.39, 0.29) is 6.61 Å². The molecule has 4 aromatic rings. The molecule has 8 nitrogen and oxygen atoms in total. The minimum absolute atomic E-state index is 0.0770. The molecule has 0 N–H and O–H groups in total. The second-order valence-electron chi connectivity index (χ2n) is 9.92. The average Bonchev–Trinajstić information content (AvgIpc) is 3.06. The van der Waals surface area contributed by atoms with Crippen LogP contribution in [0.1, 0.15) is 33.2 Å². The van der Waals surface area contributed by atoms with Gasteiger partial charge in [0.25, 0.3) is 5.44 Å². The average molecular weight is 601 g/mol. The van der Waals surface area contributed by atoms with Crippen molar-refractivity contribution in [3.8, 4) is 5.75 Å². The van der Waals surface area contributed by atoms with Gasteiger partial charge in [-0.1, -0.05) is 66.7 Å². The topological polar surface area (TPSA) is 103 Å². The lowest BCUT2D eigenvalue weighted by Gasteiger charge is -2.43. The molecule has 9 heteroatoms. The van der Waals surface area contributed by atoms with Crippen LogP contribution in [-0.2, 0) is 36.7 Å². The van der Waals surface area contributed by atoms with Crippen LogP contribution >= 0.6 is 0 Å². The Hall–Kier alpha value is -4.15. The zero-order chi connectivity index (χ0) is 30.2. The van der Waals surface area contributed by atoms with Gasteiger partial charge in [-0.2, -0.15) is 0 Å². The van der Waals surface area contributed by atoms with Crippen LogP contribution in [0.5, 0.6) is 5.75 Å². The van der Waals surface area contributed by atoms with E-state index in [9.17, 15) is 14.1 Å². The fourth-order valence-corrected chi connectivity index (χ4v) is 6.20. The monoisotopic (exact) mass is 600 g/mol. The lowest BCUT2D eigenvalue weighted by Crippen LogP contribution is -2.62. The summed E-state index contributed by atoms with van der Waals surface area (Å²) in [5.41, 5.74) is 0.392. The van der Waals surface area contributed by atoms with Crippen molar-refractivity contribution in [3.63, 3.8) is 0 Å². The summed E-state index contributed by atoms with van der Waals surface area (Å²) >= 11 is -1.73. The highest BCUT2D eigenvalue weighted by molar-refractivity contribution is 7.92. The summed E-state index contributed by atoms with van der Waals surface area (Å²) in [4.78, 5) is 27.1. The number of esters is 2. The van der Waals surface area contributed by atoms with Crippen molar-refractivity contribution in [2.45, 2.75) is 48.3 Å². The van der Waals surface area contributed by atoms with Crippen molar-refractivity contribution in [1.82, 2.24) is 0 Å². The molecule has 6 atom stereocenters. The molecular weight excluding hydrogens is 568 g/mol. The Kier molecular flexibility index (Phi) is 10.1. The molecule has 1 saturated heterocycles. The highest BCUT2D eigenvalue weighted by Gasteiger charge is 2.54. The van der Waals surface area contributed by atoms with Gasteiger partial charge in [0.2, 0.25) is 0 Å². The number of hydrogen-bond acceptors (Lipinski definition) is 8. The maximum Gasteiger partial charge on any atom is 0.338 e. The van der Waals surface area contributed by atoms with Gasteiger partial charge >= 0.3 is 11.9 Å². The number of carbonyl (C=O) groups excluding carboxylic acids is 2. The van der Waals surface area contributed by atoms with Crippen LogP contribution in [0.3, 0.4) is 0 Å². The predicted molar refractivity (Wildman–Crippen MR) is 160 cm³/mol. The van der Waals surface area contributed by atoms with E-state index in [0.29, 0.717) is 21.8 Å². The quantitative estimate of drug-likeness (QED) is 0.172. The lowest BCUT2D eigenvalue weighted by atomic mass is 9.99. The normalized spacial score (nSPS) is 22.3. The third-order valence-corrected chi connectivity index (χ3v) is 8.56. The zero-order valence-corrected chi connectivity index (χ0v) is 24.6. The Morgan fingerprint density at radius 1 is 0.721 bits per heavy atom. The van der Waals surface area contributed by atoms with Gasteiger partial charge in [0.15, 0.2) is 23.2 Å². The molecular formula is C34H32O8S. The molecule has 43 heavy (non-hydrogen) atoms. The lowest BCUT2D eigenvalue weighted by molar-refractivity contribution is -0.213. The first-order valence-corrected chi connectivity index (χ1v) is 15.0. The van der Waals surface area contributed by atoms with Crippen LogP contribution in [0.4, 0.5) is 0 Å². The smallest absolute Gasteiger partial charge is 0.338 e. The van der Waals surface area contributed by atoms with Gasteiger partial charge in [0.05, 0.1) is 24.8 Å². The van der Waals surface area contributed by atoms with E-state index >= 15 is 0 Å². The van der Waals surface area contributed by atoms with Gasteiger partial charge in [0, 0.05) is 11.2 Å². The number of carbonyl (C=O) groups is 2. The standard InChI is InChI=1S/C34H32O8S/c1-23-29(41-32(35)25-12-6-3-7-13-25)30(42-33(36)26-14-8-4-9-15-26)31(39-22-24-18-20-27(38-2)21-19-24)34(40-23)43(37)28-16-10-5-11-17-28/h3-21,23,29-31,34H,22H2,1-2H3/t23-,29-,30-,31-,34+,43?/m1/s1. The molecule has 5 rings (SSSR count). The molecule has 0 radical (unpaired) electrons. The molecule has 4 aromatic carbocycles. The van der Waals surface area contributed by atoms with E-state index in [0.717, 1.165) is 5.56 Å². The van der Waals surface area contributed by atoms with Crippen molar-refractivity contribution in [1.29, 1.82) is 0 Å². The Balaban J connectivity index is 1.51. The summed E-state index contributed by atoms with van der Waals surface area (Å²) in [6.07, 6.45) is -4.08. The molecule has 1 aliphatic heterocycles. The largest absolute Gasteiger partial charge is 0.609 e. The molecule has 0 aliphatic carbocycles. The van der Waals surface area contributed by atoms with Gasteiger partial charge in [-0.15, -0.1) is 0 Å². The third-order valence-electron chi connectivity index (χ3n) is 7.02. The maximum atomic E-state index is 13.9. The van der Waals surface area contributed by atoms with E-state index in [1.54, 1.807) is 111 Å². The Labute approximate surface area is 253 Å². The van der Waals surface area contributed by atoms with Crippen LogP contribution in [0.15, 0.2) is 120 Å². The molecule has 0 saturated carbocycles. The molecule has 1 unspecified atom stereocenters. The Bertz CT molecular complexity index is 1470. The summed E-state index contributed by atoms with van der Waals surface area (Å²) < 4.78 is 43.9. The summed E-state index contributed by atoms with van der Waals surface area (Å²) in [6, 6.07) is 33.1. The molecule has 0 aromatic heterocycles. The molecule has 1 heterocycles. The van der Waals surface area contributed by atoms with Gasteiger partial charge in [-0.05, 0) is 61.0 Å². The van der Waals surface area contributed by atoms with Crippen LogP contribution in [0.2, 0.25) is 0 Å². The number of benzene rings is 4. The predicted octanol–water partition coefficient (Wildman–Crippen LogP) is 5.58.